The molecule has 0 bridgehead atoms. The molecule has 0 aliphatic carbocycles. The van der Waals surface area contributed by atoms with Crippen molar-refractivity contribution in [2.75, 3.05) is 13.2 Å². The molecule has 2 atom stereocenters. The van der Waals surface area contributed by atoms with Gasteiger partial charge in [-0.3, -0.25) is 4.79 Å². The van der Waals surface area contributed by atoms with Crippen LogP contribution in [0, 0.1) is 0 Å². The first-order valence-corrected chi connectivity index (χ1v) is 5.78. The number of ether oxygens (including phenoxy) is 1. The number of hydrogen-bond acceptors (Lipinski definition) is 3. The van der Waals surface area contributed by atoms with E-state index < -0.39 is 0 Å². The second-order valence-electron chi connectivity index (χ2n) is 4.04. The summed E-state index contributed by atoms with van der Waals surface area (Å²) >= 11 is 0. The Balaban J connectivity index is 2.02. The zero-order valence-electron chi connectivity index (χ0n) is 9.37. The van der Waals surface area contributed by atoms with E-state index in [1.54, 1.807) is 0 Å². The molecule has 1 heterocycles. The van der Waals surface area contributed by atoms with Crippen molar-refractivity contribution in [1.29, 1.82) is 0 Å². The number of carbonyl (C=O) groups is 1. The van der Waals surface area contributed by atoms with Gasteiger partial charge in [0.2, 0.25) is 5.91 Å². The normalized spacial score (nSPS) is 22.7. The maximum atomic E-state index is 11.4. The standard InChI is InChI=1S/C11H21NO3/c1-2-9(13)5-6-12-11(14)8-10-4-3-7-15-10/h9-10,13H,2-8H2,1H3,(H,12,14). The maximum Gasteiger partial charge on any atom is 0.222 e. The average Bonchev–Trinajstić information content (AvgIpc) is 2.70. The van der Waals surface area contributed by atoms with Gasteiger partial charge < -0.3 is 15.2 Å². The molecule has 0 aromatic carbocycles. The third kappa shape index (κ3) is 5.14. The monoisotopic (exact) mass is 215 g/mol. The molecule has 1 rings (SSSR count). The van der Waals surface area contributed by atoms with Crippen LogP contribution in [-0.2, 0) is 9.53 Å². The van der Waals surface area contributed by atoms with Gasteiger partial charge in [-0.2, -0.15) is 0 Å². The summed E-state index contributed by atoms with van der Waals surface area (Å²) in [6, 6.07) is 0. The van der Waals surface area contributed by atoms with Crippen LogP contribution in [0.25, 0.3) is 0 Å². The smallest absolute Gasteiger partial charge is 0.222 e. The fraction of sp³-hybridized carbons (Fsp3) is 0.909. The number of aliphatic hydroxyl groups excluding tert-OH is 1. The molecule has 0 saturated carbocycles. The highest BCUT2D eigenvalue weighted by Crippen LogP contribution is 2.14. The SMILES string of the molecule is CCC(O)CCNC(=O)CC1CCCO1. The Morgan fingerprint density at radius 2 is 2.47 bits per heavy atom. The molecule has 0 radical (unpaired) electrons. The van der Waals surface area contributed by atoms with Gasteiger partial charge in [-0.15, -0.1) is 0 Å². The second-order valence-corrected chi connectivity index (χ2v) is 4.04. The highest BCUT2D eigenvalue weighted by atomic mass is 16.5. The van der Waals surface area contributed by atoms with Crippen LogP contribution in [0.3, 0.4) is 0 Å². The molecule has 1 aliphatic rings. The molecule has 1 amide bonds. The number of nitrogens with one attached hydrogen (secondary N) is 1. The molecule has 2 unspecified atom stereocenters. The van der Waals surface area contributed by atoms with Crippen LogP contribution in [0.1, 0.15) is 39.0 Å². The minimum atomic E-state index is -0.298. The first kappa shape index (κ1) is 12.5. The van der Waals surface area contributed by atoms with Crippen molar-refractivity contribution in [1.82, 2.24) is 5.32 Å². The molecule has 4 nitrogen and oxygen atoms in total. The minimum absolute atomic E-state index is 0.0326. The summed E-state index contributed by atoms with van der Waals surface area (Å²) in [4.78, 5) is 11.4. The Bertz CT molecular complexity index is 190. The summed E-state index contributed by atoms with van der Waals surface area (Å²) in [5.74, 6) is 0.0326. The summed E-state index contributed by atoms with van der Waals surface area (Å²) < 4.78 is 5.36. The van der Waals surface area contributed by atoms with E-state index in [0.717, 1.165) is 25.9 Å². The van der Waals surface area contributed by atoms with Crippen LogP contribution in [0.4, 0.5) is 0 Å². The summed E-state index contributed by atoms with van der Waals surface area (Å²) in [7, 11) is 0. The van der Waals surface area contributed by atoms with Gasteiger partial charge in [-0.05, 0) is 25.7 Å². The number of carbonyl (C=O) groups excluding carboxylic acids is 1. The van der Waals surface area contributed by atoms with Crippen molar-refractivity contribution in [3.63, 3.8) is 0 Å². The Kier molecular flexibility index (Phi) is 5.65. The van der Waals surface area contributed by atoms with E-state index >= 15 is 0 Å². The van der Waals surface area contributed by atoms with E-state index in [1.807, 2.05) is 6.92 Å². The van der Waals surface area contributed by atoms with Crippen LogP contribution in [-0.4, -0.2) is 36.4 Å². The van der Waals surface area contributed by atoms with Gasteiger partial charge in [0.25, 0.3) is 0 Å². The van der Waals surface area contributed by atoms with Gasteiger partial charge in [0.1, 0.15) is 0 Å². The summed E-state index contributed by atoms with van der Waals surface area (Å²) in [5, 5.41) is 12.1. The van der Waals surface area contributed by atoms with Crippen molar-refractivity contribution >= 4 is 5.91 Å². The van der Waals surface area contributed by atoms with Gasteiger partial charge in [0, 0.05) is 13.2 Å². The van der Waals surface area contributed by atoms with Crippen molar-refractivity contribution in [3.8, 4) is 0 Å². The molecule has 4 heteroatoms. The first-order valence-electron chi connectivity index (χ1n) is 5.78. The molecule has 0 aromatic rings. The molecule has 2 N–H and O–H groups in total. The Hall–Kier alpha value is -0.610. The Morgan fingerprint density at radius 1 is 1.67 bits per heavy atom. The van der Waals surface area contributed by atoms with Gasteiger partial charge >= 0.3 is 0 Å². The lowest BCUT2D eigenvalue weighted by Crippen LogP contribution is -2.29. The number of amides is 1. The lowest BCUT2D eigenvalue weighted by atomic mass is 10.1. The zero-order valence-corrected chi connectivity index (χ0v) is 9.37. The molecule has 0 spiro atoms. The topological polar surface area (TPSA) is 58.6 Å². The molecule has 15 heavy (non-hydrogen) atoms. The fourth-order valence-corrected chi connectivity index (χ4v) is 1.67. The molecule has 1 saturated heterocycles. The quantitative estimate of drug-likeness (QED) is 0.690. The average molecular weight is 215 g/mol. The second kappa shape index (κ2) is 6.80. The molecular weight excluding hydrogens is 194 g/mol. The third-order valence-corrected chi connectivity index (χ3v) is 2.71. The first-order chi connectivity index (χ1) is 7.22. The fourth-order valence-electron chi connectivity index (χ4n) is 1.67. The Labute approximate surface area is 91.0 Å². The van der Waals surface area contributed by atoms with E-state index in [0.29, 0.717) is 19.4 Å². The van der Waals surface area contributed by atoms with Crippen LogP contribution >= 0.6 is 0 Å². The van der Waals surface area contributed by atoms with Gasteiger partial charge in [0.15, 0.2) is 0 Å². The Morgan fingerprint density at radius 3 is 3.07 bits per heavy atom. The summed E-state index contributed by atoms with van der Waals surface area (Å²) in [6.07, 6.45) is 3.70. The van der Waals surface area contributed by atoms with Crippen molar-refractivity contribution in [2.24, 2.45) is 0 Å². The van der Waals surface area contributed by atoms with Crippen LogP contribution in [0.5, 0.6) is 0 Å². The van der Waals surface area contributed by atoms with Crippen molar-refractivity contribution < 1.29 is 14.6 Å². The lowest BCUT2D eigenvalue weighted by molar-refractivity contribution is -0.123. The van der Waals surface area contributed by atoms with E-state index in [-0.39, 0.29) is 18.1 Å². The highest BCUT2D eigenvalue weighted by molar-refractivity contribution is 5.76. The van der Waals surface area contributed by atoms with Gasteiger partial charge in [0.05, 0.1) is 18.6 Å². The van der Waals surface area contributed by atoms with Gasteiger partial charge in [-0.1, -0.05) is 6.92 Å². The van der Waals surface area contributed by atoms with Gasteiger partial charge in [-0.25, -0.2) is 0 Å². The van der Waals surface area contributed by atoms with Crippen molar-refractivity contribution in [3.05, 3.63) is 0 Å². The zero-order chi connectivity index (χ0) is 11.1. The minimum Gasteiger partial charge on any atom is -0.393 e. The molecule has 1 fully saturated rings. The molecular formula is C11H21NO3. The maximum absolute atomic E-state index is 11.4. The largest absolute Gasteiger partial charge is 0.393 e. The highest BCUT2D eigenvalue weighted by Gasteiger charge is 2.18. The number of rotatable bonds is 6. The predicted molar refractivity (Wildman–Crippen MR) is 57.5 cm³/mol. The van der Waals surface area contributed by atoms with E-state index in [2.05, 4.69) is 5.32 Å². The van der Waals surface area contributed by atoms with E-state index in [1.165, 1.54) is 0 Å². The van der Waals surface area contributed by atoms with E-state index in [9.17, 15) is 9.90 Å². The van der Waals surface area contributed by atoms with Crippen LogP contribution in [0.2, 0.25) is 0 Å². The lowest BCUT2D eigenvalue weighted by Gasteiger charge is -2.11. The van der Waals surface area contributed by atoms with E-state index in [4.69, 9.17) is 4.74 Å². The summed E-state index contributed by atoms with van der Waals surface area (Å²) in [6.45, 7) is 3.27. The molecule has 0 aromatic heterocycles. The third-order valence-electron chi connectivity index (χ3n) is 2.71. The molecule has 1 aliphatic heterocycles. The van der Waals surface area contributed by atoms with Crippen molar-refractivity contribution in [2.45, 2.75) is 51.2 Å². The summed E-state index contributed by atoms with van der Waals surface area (Å²) in [5.41, 5.74) is 0. The molecule has 88 valence electrons. The van der Waals surface area contributed by atoms with Crippen LogP contribution in [0.15, 0.2) is 0 Å². The van der Waals surface area contributed by atoms with Crippen LogP contribution < -0.4 is 5.32 Å². The number of hydrogen-bond donors (Lipinski definition) is 2. The predicted octanol–water partition coefficient (Wildman–Crippen LogP) is 0.833. The number of aliphatic hydroxyl groups is 1.